The average Bonchev–Trinajstić information content (AvgIpc) is 3.18. The Morgan fingerprint density at radius 1 is 1.18 bits per heavy atom. The first-order valence-electron chi connectivity index (χ1n) is 7.96. The zero-order valence-electron chi connectivity index (χ0n) is 14.4. The number of nitrogen functional groups attached to an aromatic ring is 1. The van der Waals surface area contributed by atoms with Crippen LogP contribution in [0.25, 0.3) is 0 Å². The van der Waals surface area contributed by atoms with Crippen LogP contribution in [0, 0.1) is 0 Å². The standard InChI is InChI=1S/C18H13F2N3O4S/c1-25-11-5-2-9(3-6-11)14(24)15-16(21)23-17(28-15)22-10-4-7-12-13(8-10)27-18(19,20)26-12/h2-8H,21H2,1H3,(H,22,23). The number of ether oxygens (including phenoxy) is 3. The molecule has 0 amide bonds. The van der Waals surface area contributed by atoms with E-state index in [1.54, 1.807) is 24.3 Å². The van der Waals surface area contributed by atoms with Gasteiger partial charge in [0.1, 0.15) is 16.4 Å². The molecule has 0 bridgehead atoms. The van der Waals surface area contributed by atoms with Crippen molar-refractivity contribution in [1.29, 1.82) is 0 Å². The minimum atomic E-state index is -3.69. The number of thiazole rings is 1. The molecule has 2 heterocycles. The molecule has 144 valence electrons. The average molecular weight is 405 g/mol. The van der Waals surface area contributed by atoms with Crippen LogP contribution in [0.15, 0.2) is 42.5 Å². The number of nitrogens with two attached hydrogens (primary N) is 1. The predicted octanol–water partition coefficient (Wildman–Crippen LogP) is 4.03. The van der Waals surface area contributed by atoms with Crippen LogP contribution in [0.5, 0.6) is 17.2 Å². The van der Waals surface area contributed by atoms with Crippen molar-refractivity contribution >= 4 is 33.8 Å². The molecule has 4 rings (SSSR count). The summed E-state index contributed by atoms with van der Waals surface area (Å²) in [6.45, 7) is 0. The molecule has 2 aromatic carbocycles. The molecule has 1 aliphatic heterocycles. The van der Waals surface area contributed by atoms with Crippen molar-refractivity contribution in [3.8, 4) is 17.2 Å². The van der Waals surface area contributed by atoms with Crippen LogP contribution in [0.1, 0.15) is 15.2 Å². The predicted molar refractivity (Wildman–Crippen MR) is 98.9 cm³/mol. The van der Waals surface area contributed by atoms with Gasteiger partial charge in [0.25, 0.3) is 0 Å². The van der Waals surface area contributed by atoms with Gasteiger partial charge in [0, 0.05) is 17.3 Å². The highest BCUT2D eigenvalue weighted by molar-refractivity contribution is 7.18. The number of nitrogens with one attached hydrogen (secondary N) is 1. The molecule has 3 N–H and O–H groups in total. The highest BCUT2D eigenvalue weighted by Crippen LogP contribution is 2.43. The van der Waals surface area contributed by atoms with E-state index in [4.69, 9.17) is 10.5 Å². The number of fused-ring (bicyclic) bond motifs is 1. The maximum Gasteiger partial charge on any atom is 0.586 e. The highest BCUT2D eigenvalue weighted by atomic mass is 32.1. The van der Waals surface area contributed by atoms with E-state index >= 15 is 0 Å². The SMILES string of the molecule is COc1ccc(C(=O)c2sc(Nc3ccc4c(c3)OC(F)(F)O4)nc2N)cc1. The van der Waals surface area contributed by atoms with Gasteiger partial charge in [0.05, 0.1) is 7.11 Å². The zero-order chi connectivity index (χ0) is 19.9. The summed E-state index contributed by atoms with van der Waals surface area (Å²) in [5.74, 6) is 0.250. The molecule has 0 radical (unpaired) electrons. The van der Waals surface area contributed by atoms with Crippen LogP contribution in [-0.4, -0.2) is 24.2 Å². The van der Waals surface area contributed by atoms with Gasteiger partial charge in [0.15, 0.2) is 16.6 Å². The monoisotopic (exact) mass is 405 g/mol. The van der Waals surface area contributed by atoms with E-state index in [1.807, 2.05) is 0 Å². The third-order valence-electron chi connectivity index (χ3n) is 3.86. The molecule has 10 heteroatoms. The molecule has 1 aliphatic rings. The molecule has 0 atom stereocenters. The Morgan fingerprint density at radius 3 is 2.61 bits per heavy atom. The second-order valence-electron chi connectivity index (χ2n) is 5.75. The summed E-state index contributed by atoms with van der Waals surface area (Å²) in [6, 6.07) is 10.8. The number of anilines is 3. The maximum absolute atomic E-state index is 13.1. The highest BCUT2D eigenvalue weighted by Gasteiger charge is 2.43. The number of rotatable bonds is 5. The molecule has 0 fully saturated rings. The second-order valence-corrected chi connectivity index (χ2v) is 6.74. The number of ketones is 1. The number of hydrogen-bond donors (Lipinski definition) is 2. The van der Waals surface area contributed by atoms with Crippen LogP contribution in [0.3, 0.4) is 0 Å². The summed E-state index contributed by atoms with van der Waals surface area (Å²) in [5.41, 5.74) is 6.75. The van der Waals surface area contributed by atoms with E-state index in [2.05, 4.69) is 19.8 Å². The molecule has 7 nitrogen and oxygen atoms in total. The van der Waals surface area contributed by atoms with Crippen LogP contribution >= 0.6 is 11.3 Å². The van der Waals surface area contributed by atoms with E-state index in [0.29, 0.717) is 22.1 Å². The third-order valence-corrected chi connectivity index (χ3v) is 4.85. The van der Waals surface area contributed by atoms with Crippen molar-refractivity contribution in [2.45, 2.75) is 6.29 Å². The minimum absolute atomic E-state index is 0.0652. The fourth-order valence-corrected chi connectivity index (χ4v) is 3.44. The van der Waals surface area contributed by atoms with E-state index in [-0.39, 0.29) is 28.0 Å². The van der Waals surface area contributed by atoms with Gasteiger partial charge >= 0.3 is 6.29 Å². The number of hydrogen-bond acceptors (Lipinski definition) is 8. The topological polar surface area (TPSA) is 95.7 Å². The molecular formula is C18H13F2N3O4S. The fraction of sp³-hybridized carbons (Fsp3) is 0.111. The number of halogens is 2. The normalized spacial score (nSPS) is 14.0. The third kappa shape index (κ3) is 3.41. The van der Waals surface area contributed by atoms with Crippen molar-refractivity contribution in [1.82, 2.24) is 4.98 Å². The molecule has 0 saturated carbocycles. The maximum atomic E-state index is 13.1. The summed E-state index contributed by atoms with van der Waals surface area (Å²) >= 11 is 1.05. The number of nitrogens with zero attached hydrogens (tertiary/aromatic N) is 1. The number of aromatic nitrogens is 1. The lowest BCUT2D eigenvalue weighted by molar-refractivity contribution is -0.286. The molecule has 28 heavy (non-hydrogen) atoms. The van der Waals surface area contributed by atoms with Gasteiger partial charge in [-0.15, -0.1) is 8.78 Å². The lowest BCUT2D eigenvalue weighted by atomic mass is 10.1. The summed E-state index contributed by atoms with van der Waals surface area (Å²) in [4.78, 5) is 17.1. The van der Waals surface area contributed by atoms with Crippen molar-refractivity contribution in [3.63, 3.8) is 0 Å². The van der Waals surface area contributed by atoms with E-state index < -0.39 is 6.29 Å². The number of carbonyl (C=O) groups excluding carboxylic acids is 1. The van der Waals surface area contributed by atoms with E-state index in [1.165, 1.54) is 25.3 Å². The Balaban J connectivity index is 1.54. The number of benzene rings is 2. The second kappa shape index (κ2) is 6.64. The first kappa shape index (κ1) is 18.0. The molecule has 0 spiro atoms. The summed E-state index contributed by atoms with van der Waals surface area (Å²) in [6.07, 6.45) is -3.69. The molecule has 0 unspecified atom stereocenters. The summed E-state index contributed by atoms with van der Waals surface area (Å²) in [5, 5.41) is 3.25. The Morgan fingerprint density at radius 2 is 1.89 bits per heavy atom. The van der Waals surface area contributed by atoms with Crippen LogP contribution in [0.2, 0.25) is 0 Å². The van der Waals surface area contributed by atoms with Crippen LogP contribution in [0.4, 0.5) is 25.4 Å². The number of alkyl halides is 2. The van der Waals surface area contributed by atoms with Gasteiger partial charge in [-0.3, -0.25) is 4.79 Å². The molecule has 1 aromatic heterocycles. The Kier molecular flexibility index (Phi) is 4.27. The lowest BCUT2D eigenvalue weighted by Gasteiger charge is -2.04. The fourth-order valence-electron chi connectivity index (χ4n) is 2.57. The van der Waals surface area contributed by atoms with E-state index in [9.17, 15) is 13.6 Å². The summed E-state index contributed by atoms with van der Waals surface area (Å²) in [7, 11) is 1.53. The molecule has 0 aliphatic carbocycles. The van der Waals surface area contributed by atoms with Crippen molar-refractivity contribution < 1.29 is 27.8 Å². The van der Waals surface area contributed by atoms with Crippen LogP contribution < -0.4 is 25.3 Å². The van der Waals surface area contributed by atoms with E-state index in [0.717, 1.165) is 11.3 Å². The first-order valence-corrected chi connectivity index (χ1v) is 8.78. The van der Waals surface area contributed by atoms with Gasteiger partial charge in [-0.05, 0) is 36.4 Å². The van der Waals surface area contributed by atoms with Crippen LogP contribution in [-0.2, 0) is 0 Å². The quantitative estimate of drug-likeness (QED) is 0.619. The Bertz CT molecular complexity index is 1050. The van der Waals surface area contributed by atoms with Gasteiger partial charge < -0.3 is 25.3 Å². The molecule has 3 aromatic rings. The van der Waals surface area contributed by atoms with Crippen molar-refractivity contribution in [3.05, 3.63) is 52.9 Å². The molecule has 0 saturated heterocycles. The van der Waals surface area contributed by atoms with Gasteiger partial charge in [-0.2, -0.15) is 0 Å². The minimum Gasteiger partial charge on any atom is -0.497 e. The van der Waals surface area contributed by atoms with Gasteiger partial charge in [-0.1, -0.05) is 11.3 Å². The van der Waals surface area contributed by atoms with Crippen molar-refractivity contribution in [2.24, 2.45) is 0 Å². The largest absolute Gasteiger partial charge is 0.586 e. The number of carbonyl (C=O) groups is 1. The first-order chi connectivity index (χ1) is 13.3. The smallest absolute Gasteiger partial charge is 0.497 e. The Labute approximate surface area is 161 Å². The van der Waals surface area contributed by atoms with Gasteiger partial charge in [-0.25, -0.2) is 4.98 Å². The zero-order valence-corrected chi connectivity index (χ0v) is 15.2. The summed E-state index contributed by atoms with van der Waals surface area (Å²) < 4.78 is 40.1. The Hall–Kier alpha value is -3.40. The van der Waals surface area contributed by atoms with Crippen molar-refractivity contribution in [2.75, 3.05) is 18.2 Å². The molecular weight excluding hydrogens is 392 g/mol. The lowest BCUT2D eigenvalue weighted by Crippen LogP contribution is -2.25. The van der Waals surface area contributed by atoms with Gasteiger partial charge in [0.2, 0.25) is 5.78 Å². The number of methoxy groups -OCH3 is 1.